The maximum absolute atomic E-state index is 14.2. The van der Waals surface area contributed by atoms with Gasteiger partial charge in [-0.3, -0.25) is 9.59 Å². The van der Waals surface area contributed by atoms with Crippen molar-refractivity contribution in [3.8, 4) is 0 Å². The minimum atomic E-state index is -3.74. The lowest BCUT2D eigenvalue weighted by Crippen LogP contribution is -2.39. The summed E-state index contributed by atoms with van der Waals surface area (Å²) in [6.45, 7) is 0.517. The van der Waals surface area contributed by atoms with Crippen molar-refractivity contribution in [1.29, 1.82) is 0 Å². The second kappa shape index (κ2) is 6.16. The Labute approximate surface area is 140 Å². The highest BCUT2D eigenvalue weighted by molar-refractivity contribution is 6.30. The standard InChI is InChI=1S/C14H12ClF2N5O2/c15-9-3-1-2-8(6-9)14(16,17)13(24)19-7-10-20-21-11-12(23)18-4-5-22(10)11/h1-3,6H,4-5,7H2,(H,18,23)(H,19,24). The van der Waals surface area contributed by atoms with Crippen LogP contribution in [-0.4, -0.2) is 33.1 Å². The zero-order valence-electron chi connectivity index (χ0n) is 12.2. The number of nitrogens with zero attached hydrogens (tertiary/aromatic N) is 3. The molecule has 0 saturated heterocycles. The molecule has 0 radical (unpaired) electrons. The highest BCUT2D eigenvalue weighted by atomic mass is 35.5. The van der Waals surface area contributed by atoms with Crippen LogP contribution in [0.2, 0.25) is 5.02 Å². The molecule has 24 heavy (non-hydrogen) atoms. The first-order chi connectivity index (χ1) is 11.4. The van der Waals surface area contributed by atoms with Gasteiger partial charge in [-0.15, -0.1) is 10.2 Å². The monoisotopic (exact) mass is 355 g/mol. The Bertz CT molecular complexity index is 808. The van der Waals surface area contributed by atoms with Gasteiger partial charge >= 0.3 is 5.92 Å². The Morgan fingerprint density at radius 1 is 1.42 bits per heavy atom. The molecule has 2 N–H and O–H groups in total. The van der Waals surface area contributed by atoms with Crippen LogP contribution < -0.4 is 10.6 Å². The lowest BCUT2D eigenvalue weighted by atomic mass is 10.1. The molecule has 0 atom stereocenters. The molecule has 2 heterocycles. The van der Waals surface area contributed by atoms with Crippen LogP contribution in [0.25, 0.3) is 0 Å². The second-order valence-electron chi connectivity index (χ2n) is 5.11. The molecule has 0 saturated carbocycles. The van der Waals surface area contributed by atoms with Crippen molar-refractivity contribution in [3.05, 3.63) is 46.5 Å². The number of hydrogen-bond acceptors (Lipinski definition) is 4. The van der Waals surface area contributed by atoms with Gasteiger partial charge in [0.2, 0.25) is 5.82 Å². The van der Waals surface area contributed by atoms with E-state index in [9.17, 15) is 18.4 Å². The zero-order chi connectivity index (χ0) is 17.3. The smallest absolute Gasteiger partial charge is 0.348 e. The molecule has 7 nitrogen and oxygen atoms in total. The fraction of sp³-hybridized carbons (Fsp3) is 0.286. The van der Waals surface area contributed by atoms with Gasteiger partial charge in [0.15, 0.2) is 5.82 Å². The summed E-state index contributed by atoms with van der Waals surface area (Å²) in [4.78, 5) is 23.4. The predicted octanol–water partition coefficient (Wildman–Crippen LogP) is 1.08. The van der Waals surface area contributed by atoms with Crippen LogP contribution in [0.15, 0.2) is 24.3 Å². The topological polar surface area (TPSA) is 88.9 Å². The largest absolute Gasteiger partial charge is 0.349 e. The number of nitrogens with one attached hydrogen (secondary N) is 2. The number of halogens is 3. The van der Waals surface area contributed by atoms with E-state index in [1.807, 2.05) is 0 Å². The molecule has 3 rings (SSSR count). The fourth-order valence-electron chi connectivity index (χ4n) is 2.31. The summed E-state index contributed by atoms with van der Waals surface area (Å²) < 4.78 is 29.8. The van der Waals surface area contributed by atoms with Crippen molar-refractivity contribution in [2.45, 2.75) is 19.0 Å². The molecule has 1 aromatic carbocycles. The molecule has 126 valence electrons. The first-order valence-electron chi connectivity index (χ1n) is 7.02. The third-order valence-corrected chi connectivity index (χ3v) is 3.77. The van der Waals surface area contributed by atoms with Crippen molar-refractivity contribution in [1.82, 2.24) is 25.4 Å². The van der Waals surface area contributed by atoms with Gasteiger partial charge in [0.1, 0.15) is 0 Å². The van der Waals surface area contributed by atoms with Gasteiger partial charge < -0.3 is 15.2 Å². The molecular weight excluding hydrogens is 344 g/mol. The highest BCUT2D eigenvalue weighted by Crippen LogP contribution is 2.29. The number of benzene rings is 1. The SMILES string of the molecule is O=C1NCCn2c(CNC(=O)C(F)(F)c3cccc(Cl)c3)nnc21. The lowest BCUT2D eigenvalue weighted by molar-refractivity contribution is -0.147. The molecule has 0 fully saturated rings. The molecule has 2 aromatic rings. The van der Waals surface area contributed by atoms with Gasteiger partial charge in [0.05, 0.1) is 6.54 Å². The predicted molar refractivity (Wildman–Crippen MR) is 79.5 cm³/mol. The number of rotatable bonds is 4. The van der Waals surface area contributed by atoms with Crippen LogP contribution in [0.5, 0.6) is 0 Å². The second-order valence-corrected chi connectivity index (χ2v) is 5.55. The van der Waals surface area contributed by atoms with E-state index in [2.05, 4.69) is 20.8 Å². The van der Waals surface area contributed by atoms with Crippen LogP contribution in [-0.2, 0) is 23.8 Å². The highest BCUT2D eigenvalue weighted by Gasteiger charge is 2.41. The molecule has 1 aliphatic heterocycles. The molecule has 0 aliphatic carbocycles. The summed E-state index contributed by atoms with van der Waals surface area (Å²) in [5.74, 6) is -5.30. The minimum Gasteiger partial charge on any atom is -0.348 e. The van der Waals surface area contributed by atoms with E-state index in [0.717, 1.165) is 12.1 Å². The van der Waals surface area contributed by atoms with E-state index in [0.29, 0.717) is 13.1 Å². The minimum absolute atomic E-state index is 0.0899. The van der Waals surface area contributed by atoms with Crippen molar-refractivity contribution in [3.63, 3.8) is 0 Å². The number of carbonyl (C=O) groups excluding carboxylic acids is 2. The van der Waals surface area contributed by atoms with Gasteiger partial charge in [0, 0.05) is 23.7 Å². The molecule has 0 bridgehead atoms. The van der Waals surface area contributed by atoms with E-state index in [1.54, 1.807) is 0 Å². The number of aromatic nitrogens is 3. The lowest BCUT2D eigenvalue weighted by Gasteiger charge is -2.18. The van der Waals surface area contributed by atoms with E-state index in [-0.39, 0.29) is 23.2 Å². The van der Waals surface area contributed by atoms with Crippen molar-refractivity contribution >= 4 is 23.4 Å². The molecule has 1 aliphatic rings. The van der Waals surface area contributed by atoms with Gasteiger partial charge in [-0.1, -0.05) is 23.7 Å². The van der Waals surface area contributed by atoms with E-state index in [1.165, 1.54) is 16.7 Å². The molecular formula is C14H12ClF2N5O2. The first-order valence-corrected chi connectivity index (χ1v) is 7.40. The van der Waals surface area contributed by atoms with Crippen molar-refractivity contribution < 1.29 is 18.4 Å². The van der Waals surface area contributed by atoms with E-state index >= 15 is 0 Å². The number of hydrogen-bond donors (Lipinski definition) is 2. The van der Waals surface area contributed by atoms with E-state index < -0.39 is 23.3 Å². The number of alkyl halides is 2. The van der Waals surface area contributed by atoms with Crippen LogP contribution in [0, 0.1) is 0 Å². The zero-order valence-corrected chi connectivity index (χ0v) is 13.0. The number of fused-ring (bicyclic) bond motifs is 1. The Hall–Kier alpha value is -2.55. The molecule has 1 aromatic heterocycles. The Morgan fingerprint density at radius 2 is 2.21 bits per heavy atom. The fourth-order valence-corrected chi connectivity index (χ4v) is 2.50. The normalized spacial score (nSPS) is 14.0. The average Bonchev–Trinajstić information content (AvgIpc) is 2.97. The quantitative estimate of drug-likeness (QED) is 0.859. The number of amides is 2. The molecule has 0 unspecified atom stereocenters. The summed E-state index contributed by atoms with van der Waals surface area (Å²) in [5.41, 5.74) is -0.504. The summed E-state index contributed by atoms with van der Waals surface area (Å²) >= 11 is 5.68. The van der Waals surface area contributed by atoms with Crippen molar-refractivity contribution in [2.75, 3.05) is 6.54 Å². The number of carbonyl (C=O) groups is 2. The van der Waals surface area contributed by atoms with Gasteiger partial charge in [0.25, 0.3) is 11.8 Å². The summed E-state index contributed by atoms with van der Waals surface area (Å²) in [6.07, 6.45) is 0. The molecule has 10 heteroatoms. The van der Waals surface area contributed by atoms with Crippen LogP contribution >= 0.6 is 11.6 Å². The maximum atomic E-state index is 14.2. The van der Waals surface area contributed by atoms with Gasteiger partial charge in [-0.2, -0.15) is 8.78 Å². The van der Waals surface area contributed by atoms with Crippen LogP contribution in [0.3, 0.4) is 0 Å². The summed E-state index contributed by atoms with van der Waals surface area (Å²) in [5, 5.41) is 12.3. The van der Waals surface area contributed by atoms with Gasteiger partial charge in [-0.05, 0) is 12.1 Å². The summed E-state index contributed by atoms with van der Waals surface area (Å²) in [6, 6.07) is 4.93. The average molecular weight is 356 g/mol. The Balaban J connectivity index is 1.73. The Morgan fingerprint density at radius 3 is 2.96 bits per heavy atom. The van der Waals surface area contributed by atoms with Crippen LogP contribution in [0.1, 0.15) is 22.0 Å². The Kier molecular flexibility index (Phi) is 4.18. The van der Waals surface area contributed by atoms with Crippen LogP contribution in [0.4, 0.5) is 8.78 Å². The summed E-state index contributed by atoms with van der Waals surface area (Å²) in [7, 11) is 0. The molecule has 2 amide bonds. The van der Waals surface area contributed by atoms with Gasteiger partial charge in [-0.25, -0.2) is 0 Å². The third kappa shape index (κ3) is 2.94. The maximum Gasteiger partial charge on any atom is 0.349 e. The van der Waals surface area contributed by atoms with Crippen molar-refractivity contribution in [2.24, 2.45) is 0 Å². The van der Waals surface area contributed by atoms with E-state index in [4.69, 9.17) is 11.6 Å². The molecule has 0 spiro atoms. The third-order valence-electron chi connectivity index (χ3n) is 3.53. The first kappa shape index (κ1) is 16.3.